The van der Waals surface area contributed by atoms with Crippen LogP contribution in [0.1, 0.15) is 60.4 Å². The molecule has 0 bridgehead atoms. The van der Waals surface area contributed by atoms with Gasteiger partial charge < -0.3 is 9.84 Å². The maximum Gasteiger partial charge on any atom is 0.416 e. The molecule has 0 atom stereocenters. The largest absolute Gasteiger partial charge is 0.493 e. The monoisotopic (exact) mass is 608 g/mol. The zero-order chi connectivity index (χ0) is 30.9. The number of hydrogen-bond donors (Lipinski definition) is 1. The number of likely N-dealkylation sites (tertiary alicyclic amines) is 1. The fourth-order valence-corrected chi connectivity index (χ4v) is 6.05. The summed E-state index contributed by atoms with van der Waals surface area (Å²) in [5, 5.41) is 12.3. The Balaban J connectivity index is 1.39. The molecule has 0 aromatic heterocycles. The van der Waals surface area contributed by atoms with E-state index < -0.39 is 35.0 Å². The van der Waals surface area contributed by atoms with Gasteiger partial charge in [0.05, 0.1) is 17.7 Å². The Bertz CT molecular complexity index is 1280. The van der Waals surface area contributed by atoms with E-state index in [2.05, 4.69) is 0 Å². The molecular formula is C33H36F6NO3+. The second-order valence-electron chi connectivity index (χ2n) is 11.7. The van der Waals surface area contributed by atoms with Gasteiger partial charge in [0.2, 0.25) is 0 Å². The molecule has 3 aromatic rings. The van der Waals surface area contributed by atoms with E-state index in [1.54, 1.807) is 0 Å². The summed E-state index contributed by atoms with van der Waals surface area (Å²) >= 11 is 0. The first-order valence-electron chi connectivity index (χ1n) is 14.6. The van der Waals surface area contributed by atoms with Crippen LogP contribution in [0.5, 0.6) is 5.75 Å². The van der Waals surface area contributed by atoms with Crippen molar-refractivity contribution < 1.29 is 45.7 Å². The molecule has 43 heavy (non-hydrogen) atoms. The molecule has 0 spiro atoms. The van der Waals surface area contributed by atoms with Crippen molar-refractivity contribution in [1.29, 1.82) is 0 Å². The van der Waals surface area contributed by atoms with Crippen molar-refractivity contribution in [3.8, 4) is 5.75 Å². The predicted molar refractivity (Wildman–Crippen MR) is 149 cm³/mol. The number of ether oxygens (including phenoxy) is 1. The average Bonchev–Trinajstić information content (AvgIpc) is 3.81. The molecule has 5 rings (SSSR count). The first kappa shape index (κ1) is 31.3. The number of hydrogen-bond acceptors (Lipinski definition) is 3. The van der Waals surface area contributed by atoms with Gasteiger partial charge in [-0.1, -0.05) is 24.3 Å². The van der Waals surface area contributed by atoms with Crippen molar-refractivity contribution in [2.45, 2.75) is 57.1 Å². The number of alkyl halides is 6. The first-order chi connectivity index (χ1) is 20.3. The number of hydroxylamine groups is 3. The second kappa shape index (κ2) is 12.1. The van der Waals surface area contributed by atoms with E-state index in [4.69, 9.17) is 9.57 Å². The summed E-state index contributed by atoms with van der Waals surface area (Å²) < 4.78 is 85.9. The lowest BCUT2D eigenvalue weighted by molar-refractivity contribution is -1.12. The van der Waals surface area contributed by atoms with Gasteiger partial charge in [0.15, 0.2) is 0 Å². The highest BCUT2D eigenvalue weighted by Crippen LogP contribution is 2.45. The number of quaternary nitrogens is 1. The normalized spacial score (nSPS) is 21.5. The van der Waals surface area contributed by atoms with Crippen LogP contribution in [-0.2, 0) is 29.3 Å². The zero-order valence-electron chi connectivity index (χ0n) is 23.9. The van der Waals surface area contributed by atoms with Crippen molar-refractivity contribution >= 4 is 0 Å². The molecule has 0 amide bonds. The van der Waals surface area contributed by atoms with Crippen LogP contribution in [0.25, 0.3) is 0 Å². The van der Waals surface area contributed by atoms with Crippen molar-refractivity contribution in [3.63, 3.8) is 0 Å². The lowest BCUT2D eigenvalue weighted by Gasteiger charge is -2.45. The maximum atomic E-state index is 13.3. The van der Waals surface area contributed by atoms with Crippen molar-refractivity contribution in [1.82, 2.24) is 0 Å². The topological polar surface area (TPSA) is 38.7 Å². The highest BCUT2D eigenvalue weighted by Gasteiger charge is 2.47. The Morgan fingerprint density at radius 2 is 1.16 bits per heavy atom. The van der Waals surface area contributed by atoms with Crippen LogP contribution in [0.3, 0.4) is 0 Å². The minimum Gasteiger partial charge on any atom is -0.493 e. The van der Waals surface area contributed by atoms with Crippen LogP contribution in [0, 0.1) is 11.8 Å². The molecule has 1 saturated carbocycles. The molecule has 1 aliphatic carbocycles. The Hall–Kier alpha value is -3.08. The van der Waals surface area contributed by atoms with E-state index in [0.717, 1.165) is 42.2 Å². The summed E-state index contributed by atoms with van der Waals surface area (Å²) in [7, 11) is 0. The van der Waals surface area contributed by atoms with Gasteiger partial charge in [-0.05, 0) is 85.3 Å². The first-order valence-corrected chi connectivity index (χ1v) is 14.6. The number of halogens is 6. The molecule has 1 saturated heterocycles. The van der Waals surface area contributed by atoms with E-state index in [0.29, 0.717) is 49.6 Å². The Morgan fingerprint density at radius 3 is 1.58 bits per heavy atom. The second-order valence-corrected chi connectivity index (χ2v) is 11.7. The third-order valence-electron chi connectivity index (χ3n) is 8.65. The van der Waals surface area contributed by atoms with Crippen LogP contribution in [-0.4, -0.2) is 36.1 Å². The molecule has 1 N–H and O–H groups in total. The van der Waals surface area contributed by atoms with Crippen LogP contribution in [0.15, 0.2) is 72.8 Å². The van der Waals surface area contributed by atoms with Crippen LogP contribution in [0.2, 0.25) is 0 Å². The van der Waals surface area contributed by atoms with E-state index in [1.807, 2.05) is 31.2 Å². The van der Waals surface area contributed by atoms with E-state index in [-0.39, 0.29) is 11.1 Å². The highest BCUT2D eigenvalue weighted by molar-refractivity contribution is 5.40. The van der Waals surface area contributed by atoms with Crippen molar-refractivity contribution in [2.75, 3.05) is 26.3 Å². The van der Waals surface area contributed by atoms with Crippen molar-refractivity contribution in [3.05, 3.63) is 101 Å². The Labute approximate surface area is 247 Å². The lowest BCUT2D eigenvalue weighted by Crippen LogP contribution is -2.55. The molecule has 2 aliphatic rings. The van der Waals surface area contributed by atoms with Gasteiger partial charge in [0, 0.05) is 24.3 Å². The summed E-state index contributed by atoms with van der Waals surface area (Å²) in [4.78, 5) is 6.25. The summed E-state index contributed by atoms with van der Waals surface area (Å²) in [6.45, 7) is 4.66. The van der Waals surface area contributed by atoms with Gasteiger partial charge in [-0.2, -0.15) is 31.0 Å². The number of piperidine rings is 1. The fraction of sp³-hybridized carbons (Fsp3) is 0.455. The molecule has 2 fully saturated rings. The van der Waals surface area contributed by atoms with Gasteiger partial charge in [0.25, 0.3) is 0 Å². The van der Waals surface area contributed by atoms with Gasteiger partial charge in [-0.25, -0.2) is 4.84 Å². The number of aliphatic hydroxyl groups is 1. The SMILES string of the molecule is CCO[N+]1(Cc2ccc(OCC3CC3)cc2)CCC(C(O)(c2ccc(C(F)(F)F)cc2)c2ccc(C(F)(F)F)cc2)CC1. The molecule has 232 valence electrons. The van der Waals surface area contributed by atoms with Gasteiger partial charge >= 0.3 is 12.4 Å². The highest BCUT2D eigenvalue weighted by atomic mass is 19.4. The quantitative estimate of drug-likeness (QED) is 0.187. The lowest BCUT2D eigenvalue weighted by atomic mass is 9.71. The van der Waals surface area contributed by atoms with Gasteiger partial charge in [-0.3, -0.25) is 0 Å². The minimum absolute atomic E-state index is 0.198. The summed E-state index contributed by atoms with van der Waals surface area (Å²) in [6.07, 6.45) is -5.85. The molecule has 3 aromatic carbocycles. The maximum absolute atomic E-state index is 13.3. The number of rotatable bonds is 10. The fourth-order valence-electron chi connectivity index (χ4n) is 6.05. The smallest absolute Gasteiger partial charge is 0.416 e. The number of benzene rings is 3. The summed E-state index contributed by atoms with van der Waals surface area (Å²) in [5.41, 5.74) is -2.11. The predicted octanol–water partition coefficient (Wildman–Crippen LogP) is 8.13. The molecule has 0 unspecified atom stereocenters. The third kappa shape index (κ3) is 7.19. The Morgan fingerprint density at radius 1 is 0.698 bits per heavy atom. The van der Waals surface area contributed by atoms with E-state index in [1.165, 1.54) is 37.1 Å². The van der Waals surface area contributed by atoms with Crippen molar-refractivity contribution in [2.24, 2.45) is 11.8 Å². The molecule has 10 heteroatoms. The zero-order valence-corrected chi connectivity index (χ0v) is 23.9. The summed E-state index contributed by atoms with van der Waals surface area (Å²) in [6, 6.07) is 16.3. The van der Waals surface area contributed by atoms with Gasteiger partial charge in [-0.15, -0.1) is 0 Å². The standard InChI is InChI=1S/C33H36F6NO3/c1-2-43-40(21-23-5-15-30(16-6-23)42-22-24-3-4-24)19-17-27(18-20-40)31(41,25-7-11-28(12-8-25)32(34,35)36)26-9-13-29(14-10-26)33(37,38)39/h5-16,24,27,41H,2-4,17-22H2,1H3/q+1. The average molecular weight is 609 g/mol. The minimum atomic E-state index is -4.56. The van der Waals surface area contributed by atoms with Crippen LogP contribution >= 0.6 is 0 Å². The molecule has 1 aliphatic heterocycles. The van der Waals surface area contributed by atoms with Crippen LogP contribution < -0.4 is 4.74 Å². The van der Waals surface area contributed by atoms with Gasteiger partial charge in [0.1, 0.15) is 37.6 Å². The molecule has 0 radical (unpaired) electrons. The van der Waals surface area contributed by atoms with E-state index in [9.17, 15) is 31.4 Å². The number of nitrogens with zero attached hydrogens (tertiary/aromatic N) is 1. The Kier molecular flexibility index (Phi) is 8.84. The third-order valence-corrected chi connectivity index (χ3v) is 8.65. The molecule has 1 heterocycles. The molecular weight excluding hydrogens is 572 g/mol. The molecule has 4 nitrogen and oxygen atoms in total. The van der Waals surface area contributed by atoms with E-state index >= 15 is 0 Å². The van der Waals surface area contributed by atoms with Crippen LogP contribution in [0.4, 0.5) is 26.3 Å². The summed E-state index contributed by atoms with van der Waals surface area (Å²) in [5.74, 6) is 0.984.